The maximum absolute atomic E-state index is 11.5. The van der Waals surface area contributed by atoms with Crippen LogP contribution >= 0.6 is 0 Å². The van der Waals surface area contributed by atoms with E-state index in [-0.39, 0.29) is 5.56 Å². The van der Waals surface area contributed by atoms with Gasteiger partial charge in [0.15, 0.2) is 11.6 Å². The minimum atomic E-state index is -0.135. The average Bonchev–Trinajstić information content (AvgIpc) is 2.64. The minimum absolute atomic E-state index is 0.135. The van der Waals surface area contributed by atoms with Crippen LogP contribution in [-0.2, 0) is 6.42 Å². The van der Waals surface area contributed by atoms with E-state index in [9.17, 15) is 4.79 Å². The lowest BCUT2D eigenvalue weighted by atomic mass is 10.2. The van der Waals surface area contributed by atoms with Crippen LogP contribution in [-0.4, -0.2) is 9.97 Å². The van der Waals surface area contributed by atoms with Gasteiger partial charge < -0.3 is 9.40 Å². The van der Waals surface area contributed by atoms with Gasteiger partial charge in [0.2, 0.25) is 0 Å². The van der Waals surface area contributed by atoms with Crippen molar-refractivity contribution >= 4 is 0 Å². The Morgan fingerprint density at radius 3 is 2.94 bits per heavy atom. The average molecular weight is 218 g/mol. The van der Waals surface area contributed by atoms with Crippen LogP contribution in [0.1, 0.15) is 24.6 Å². The lowest BCUT2D eigenvalue weighted by Crippen LogP contribution is -2.10. The molecule has 0 saturated heterocycles. The van der Waals surface area contributed by atoms with E-state index < -0.39 is 0 Å². The molecule has 2 rings (SSSR count). The van der Waals surface area contributed by atoms with Gasteiger partial charge in [-0.2, -0.15) is 0 Å². The number of hydrogen-bond donors (Lipinski definition) is 1. The Morgan fingerprint density at radius 2 is 2.31 bits per heavy atom. The van der Waals surface area contributed by atoms with Crippen LogP contribution in [0, 0.1) is 6.92 Å². The zero-order chi connectivity index (χ0) is 11.5. The SMILES string of the molecule is CCCc1cc(=O)[nH]c(-c2occc2C)n1. The second-order valence-corrected chi connectivity index (χ2v) is 3.77. The second kappa shape index (κ2) is 4.35. The van der Waals surface area contributed by atoms with Gasteiger partial charge in [-0.05, 0) is 25.0 Å². The third-order valence-corrected chi connectivity index (χ3v) is 2.38. The van der Waals surface area contributed by atoms with Crippen molar-refractivity contribution < 1.29 is 4.42 Å². The topological polar surface area (TPSA) is 58.9 Å². The van der Waals surface area contributed by atoms with Crippen molar-refractivity contribution in [3.8, 4) is 11.6 Å². The highest BCUT2D eigenvalue weighted by Crippen LogP contribution is 2.19. The number of aryl methyl sites for hydroxylation is 2. The van der Waals surface area contributed by atoms with Crippen LogP contribution in [0.5, 0.6) is 0 Å². The lowest BCUT2D eigenvalue weighted by Gasteiger charge is -2.01. The van der Waals surface area contributed by atoms with Crippen molar-refractivity contribution in [2.24, 2.45) is 0 Å². The first-order valence-corrected chi connectivity index (χ1v) is 5.35. The molecule has 0 unspecified atom stereocenters. The van der Waals surface area contributed by atoms with E-state index in [4.69, 9.17) is 4.42 Å². The number of rotatable bonds is 3. The quantitative estimate of drug-likeness (QED) is 0.859. The molecule has 4 nitrogen and oxygen atoms in total. The van der Waals surface area contributed by atoms with Gasteiger partial charge in [0, 0.05) is 11.8 Å². The molecule has 0 spiro atoms. The summed E-state index contributed by atoms with van der Waals surface area (Å²) in [6.45, 7) is 3.98. The molecule has 1 N–H and O–H groups in total. The molecule has 0 aliphatic carbocycles. The van der Waals surface area contributed by atoms with E-state index in [1.165, 1.54) is 6.07 Å². The van der Waals surface area contributed by atoms with E-state index in [1.54, 1.807) is 6.26 Å². The number of hydrogen-bond acceptors (Lipinski definition) is 3. The molecule has 4 heteroatoms. The maximum Gasteiger partial charge on any atom is 0.251 e. The van der Waals surface area contributed by atoms with Gasteiger partial charge in [0.1, 0.15) is 0 Å². The summed E-state index contributed by atoms with van der Waals surface area (Å²) in [4.78, 5) is 18.5. The number of nitrogens with one attached hydrogen (secondary N) is 1. The molecule has 0 bridgehead atoms. The van der Waals surface area contributed by atoms with Gasteiger partial charge >= 0.3 is 0 Å². The third kappa shape index (κ3) is 2.05. The summed E-state index contributed by atoms with van der Waals surface area (Å²) in [6, 6.07) is 3.38. The fourth-order valence-corrected chi connectivity index (χ4v) is 1.62. The second-order valence-electron chi connectivity index (χ2n) is 3.77. The molecule has 2 aromatic rings. The minimum Gasteiger partial charge on any atom is -0.461 e. The van der Waals surface area contributed by atoms with Crippen molar-refractivity contribution in [3.63, 3.8) is 0 Å². The Morgan fingerprint density at radius 1 is 1.50 bits per heavy atom. The van der Waals surface area contributed by atoms with Crippen molar-refractivity contribution in [2.45, 2.75) is 26.7 Å². The lowest BCUT2D eigenvalue weighted by molar-refractivity contribution is 0.574. The summed E-state index contributed by atoms with van der Waals surface area (Å²) >= 11 is 0. The number of nitrogens with zero attached hydrogens (tertiary/aromatic N) is 1. The predicted molar refractivity (Wildman–Crippen MR) is 61.3 cm³/mol. The number of aromatic amines is 1. The first kappa shape index (κ1) is 10.7. The van der Waals surface area contributed by atoms with Gasteiger partial charge in [-0.25, -0.2) is 4.98 Å². The van der Waals surface area contributed by atoms with E-state index >= 15 is 0 Å². The number of furan rings is 1. The van der Waals surface area contributed by atoms with Crippen molar-refractivity contribution in [1.29, 1.82) is 0 Å². The molecule has 0 aliphatic heterocycles. The predicted octanol–water partition coefficient (Wildman–Crippen LogP) is 2.29. The maximum atomic E-state index is 11.5. The van der Waals surface area contributed by atoms with E-state index in [1.807, 2.05) is 13.0 Å². The molecule has 2 heterocycles. The summed E-state index contributed by atoms with van der Waals surface area (Å²) in [5.74, 6) is 1.15. The van der Waals surface area contributed by atoms with Gasteiger partial charge in [0.05, 0.1) is 6.26 Å². The Hall–Kier alpha value is -1.84. The first-order chi connectivity index (χ1) is 7.70. The third-order valence-electron chi connectivity index (χ3n) is 2.38. The normalized spacial score (nSPS) is 10.6. The highest BCUT2D eigenvalue weighted by Gasteiger charge is 2.09. The molecular formula is C12H14N2O2. The van der Waals surface area contributed by atoms with E-state index in [0.717, 1.165) is 24.1 Å². The number of H-pyrrole nitrogens is 1. The Kier molecular flexibility index (Phi) is 2.90. The molecule has 0 saturated carbocycles. The highest BCUT2D eigenvalue weighted by atomic mass is 16.3. The molecule has 0 aliphatic rings. The van der Waals surface area contributed by atoms with Crippen LogP contribution < -0.4 is 5.56 Å². The van der Waals surface area contributed by atoms with Crippen molar-refractivity contribution in [2.75, 3.05) is 0 Å². The van der Waals surface area contributed by atoms with Gasteiger partial charge in [0.25, 0.3) is 5.56 Å². The van der Waals surface area contributed by atoms with Crippen LogP contribution in [0.15, 0.2) is 27.6 Å². The molecule has 0 amide bonds. The summed E-state index contributed by atoms with van der Waals surface area (Å²) in [7, 11) is 0. The molecule has 0 atom stereocenters. The summed E-state index contributed by atoms with van der Waals surface area (Å²) in [5.41, 5.74) is 1.64. The van der Waals surface area contributed by atoms with Gasteiger partial charge in [-0.1, -0.05) is 13.3 Å². The monoisotopic (exact) mass is 218 g/mol. The number of aromatic nitrogens is 2. The summed E-state index contributed by atoms with van der Waals surface area (Å²) < 4.78 is 5.31. The smallest absolute Gasteiger partial charge is 0.251 e. The zero-order valence-corrected chi connectivity index (χ0v) is 9.41. The molecule has 16 heavy (non-hydrogen) atoms. The zero-order valence-electron chi connectivity index (χ0n) is 9.41. The van der Waals surface area contributed by atoms with Crippen LogP contribution in [0.2, 0.25) is 0 Å². The standard InChI is InChI=1S/C12H14N2O2/c1-3-4-9-7-10(15)14-12(13-9)11-8(2)5-6-16-11/h5-7H,3-4H2,1-2H3,(H,13,14,15). The largest absolute Gasteiger partial charge is 0.461 e. The Labute approximate surface area is 93.3 Å². The van der Waals surface area contributed by atoms with Crippen molar-refractivity contribution in [1.82, 2.24) is 9.97 Å². The molecule has 0 fully saturated rings. The summed E-state index contributed by atoms with van der Waals surface area (Å²) in [5, 5.41) is 0. The Bertz CT molecular complexity index is 540. The van der Waals surface area contributed by atoms with Crippen LogP contribution in [0.3, 0.4) is 0 Å². The van der Waals surface area contributed by atoms with E-state index in [0.29, 0.717) is 11.6 Å². The molecule has 2 aromatic heterocycles. The summed E-state index contributed by atoms with van der Waals surface area (Å²) in [6.07, 6.45) is 3.36. The Balaban J connectivity index is 2.49. The molecule has 0 radical (unpaired) electrons. The molecule has 0 aromatic carbocycles. The van der Waals surface area contributed by atoms with Gasteiger partial charge in [-0.3, -0.25) is 4.79 Å². The fourth-order valence-electron chi connectivity index (χ4n) is 1.62. The van der Waals surface area contributed by atoms with Crippen molar-refractivity contribution in [3.05, 3.63) is 40.0 Å². The molecular weight excluding hydrogens is 204 g/mol. The van der Waals surface area contributed by atoms with Gasteiger partial charge in [-0.15, -0.1) is 0 Å². The van der Waals surface area contributed by atoms with Crippen LogP contribution in [0.4, 0.5) is 0 Å². The fraction of sp³-hybridized carbons (Fsp3) is 0.333. The first-order valence-electron chi connectivity index (χ1n) is 5.35. The highest BCUT2D eigenvalue weighted by molar-refractivity contribution is 5.51. The van der Waals surface area contributed by atoms with Crippen LogP contribution in [0.25, 0.3) is 11.6 Å². The molecule has 84 valence electrons. The van der Waals surface area contributed by atoms with E-state index in [2.05, 4.69) is 16.9 Å².